The molecular weight excluding hydrogens is 124 g/mol. The highest BCUT2D eigenvalue weighted by atomic mass is 14.8. The first-order valence-electron chi connectivity index (χ1n) is 3.45. The molecule has 0 aliphatic rings. The lowest BCUT2D eigenvalue weighted by Crippen LogP contribution is -2.40. The minimum Gasteiger partial charge on any atom is -0.326 e. The summed E-state index contributed by atoms with van der Waals surface area (Å²) in [6.07, 6.45) is 5.12. The van der Waals surface area contributed by atoms with Gasteiger partial charge >= 0.3 is 0 Å². The minimum atomic E-state index is 0.0236. The van der Waals surface area contributed by atoms with Gasteiger partial charge in [0.2, 0.25) is 0 Å². The molecule has 0 bridgehead atoms. The molecule has 58 valence electrons. The predicted molar refractivity (Wildman–Crippen MR) is 45.6 cm³/mol. The Kier molecular flexibility index (Phi) is 4.89. The summed E-state index contributed by atoms with van der Waals surface area (Å²) in [7, 11) is 0. The van der Waals surface area contributed by atoms with E-state index in [9.17, 15) is 0 Å². The first kappa shape index (κ1) is 9.40. The maximum Gasteiger partial charge on any atom is 0.0230 e. The summed E-state index contributed by atoms with van der Waals surface area (Å²) < 4.78 is 0. The summed E-state index contributed by atoms with van der Waals surface area (Å²) in [5.74, 6) is 0. The summed E-state index contributed by atoms with van der Waals surface area (Å²) in [5.41, 5.74) is 11.3. The van der Waals surface area contributed by atoms with E-state index in [0.717, 1.165) is 12.8 Å². The Labute approximate surface area is 62.6 Å². The topological polar surface area (TPSA) is 52.0 Å². The molecule has 2 heteroatoms. The zero-order chi connectivity index (χ0) is 7.98. The molecule has 0 rings (SSSR count). The molecule has 10 heavy (non-hydrogen) atoms. The zero-order valence-electron chi connectivity index (χ0n) is 6.29. The van der Waals surface area contributed by atoms with Crippen molar-refractivity contribution in [2.75, 3.05) is 0 Å². The van der Waals surface area contributed by atoms with Gasteiger partial charge in [-0.25, -0.2) is 0 Å². The maximum atomic E-state index is 5.67. The molecule has 0 saturated heterocycles. The molecule has 0 aromatic heterocycles. The fraction of sp³-hybridized carbons (Fsp3) is 0.500. The summed E-state index contributed by atoms with van der Waals surface area (Å²) >= 11 is 0. The van der Waals surface area contributed by atoms with E-state index in [-0.39, 0.29) is 12.1 Å². The Hall–Kier alpha value is -0.600. The molecule has 0 radical (unpaired) electrons. The summed E-state index contributed by atoms with van der Waals surface area (Å²) in [6.45, 7) is 7.16. The second kappa shape index (κ2) is 5.21. The third-order valence-corrected chi connectivity index (χ3v) is 1.43. The highest BCUT2D eigenvalue weighted by molar-refractivity contribution is 4.87. The number of rotatable bonds is 5. The molecule has 0 aromatic carbocycles. The van der Waals surface area contributed by atoms with Gasteiger partial charge < -0.3 is 11.5 Å². The fourth-order valence-electron chi connectivity index (χ4n) is 0.734. The molecule has 4 N–H and O–H groups in total. The van der Waals surface area contributed by atoms with Crippen LogP contribution in [0.5, 0.6) is 0 Å². The molecule has 0 aliphatic heterocycles. The van der Waals surface area contributed by atoms with E-state index in [1.165, 1.54) is 0 Å². The van der Waals surface area contributed by atoms with Gasteiger partial charge in [0, 0.05) is 12.1 Å². The van der Waals surface area contributed by atoms with Crippen LogP contribution >= 0.6 is 0 Å². The van der Waals surface area contributed by atoms with Gasteiger partial charge in [0.05, 0.1) is 0 Å². The van der Waals surface area contributed by atoms with Crippen molar-refractivity contribution in [3.8, 4) is 0 Å². The van der Waals surface area contributed by atoms with Crippen LogP contribution in [0.15, 0.2) is 25.3 Å². The largest absolute Gasteiger partial charge is 0.326 e. The van der Waals surface area contributed by atoms with Crippen molar-refractivity contribution in [2.45, 2.75) is 24.9 Å². The fourth-order valence-corrected chi connectivity index (χ4v) is 0.734. The number of hydrogen-bond acceptors (Lipinski definition) is 2. The lowest BCUT2D eigenvalue weighted by molar-refractivity contribution is 0.534. The van der Waals surface area contributed by atoms with Gasteiger partial charge in [-0.05, 0) is 12.8 Å². The first-order valence-corrected chi connectivity index (χ1v) is 3.45. The molecule has 0 aliphatic carbocycles. The van der Waals surface area contributed by atoms with E-state index in [0.29, 0.717) is 0 Å². The van der Waals surface area contributed by atoms with Crippen LogP contribution in [0.3, 0.4) is 0 Å². The predicted octanol–water partition coefficient (Wildman–Crippen LogP) is 0.793. The van der Waals surface area contributed by atoms with Crippen LogP contribution < -0.4 is 11.5 Å². The Balaban J connectivity index is 3.56. The van der Waals surface area contributed by atoms with Crippen molar-refractivity contribution in [1.82, 2.24) is 0 Å². The molecule has 0 unspecified atom stereocenters. The van der Waals surface area contributed by atoms with Crippen molar-refractivity contribution in [1.29, 1.82) is 0 Å². The third-order valence-electron chi connectivity index (χ3n) is 1.43. The van der Waals surface area contributed by atoms with Gasteiger partial charge in [0.25, 0.3) is 0 Å². The van der Waals surface area contributed by atoms with Crippen molar-refractivity contribution >= 4 is 0 Å². The molecular formula is C8H16N2. The molecule has 0 aromatic rings. The molecule has 0 amide bonds. The summed E-state index contributed by atoms with van der Waals surface area (Å²) in [4.78, 5) is 0. The van der Waals surface area contributed by atoms with Crippen LogP contribution in [0.2, 0.25) is 0 Å². The second-order valence-electron chi connectivity index (χ2n) is 2.38. The zero-order valence-corrected chi connectivity index (χ0v) is 6.29. The Morgan fingerprint density at radius 1 is 1.00 bits per heavy atom. The first-order chi connectivity index (χ1) is 4.72. The molecule has 0 heterocycles. The van der Waals surface area contributed by atoms with Crippen LogP contribution in [0.1, 0.15) is 12.8 Å². The monoisotopic (exact) mass is 140 g/mol. The lowest BCUT2D eigenvalue weighted by Gasteiger charge is -2.15. The number of nitrogens with two attached hydrogens (primary N) is 2. The van der Waals surface area contributed by atoms with E-state index < -0.39 is 0 Å². The lowest BCUT2D eigenvalue weighted by atomic mass is 10.0. The van der Waals surface area contributed by atoms with Crippen molar-refractivity contribution in [2.24, 2.45) is 11.5 Å². The average molecular weight is 140 g/mol. The molecule has 2 nitrogen and oxygen atoms in total. The van der Waals surface area contributed by atoms with Gasteiger partial charge in [-0.1, -0.05) is 12.2 Å². The van der Waals surface area contributed by atoms with Gasteiger partial charge in [0.1, 0.15) is 0 Å². The van der Waals surface area contributed by atoms with Gasteiger partial charge in [-0.15, -0.1) is 13.2 Å². The van der Waals surface area contributed by atoms with E-state index in [2.05, 4.69) is 13.2 Å². The van der Waals surface area contributed by atoms with Crippen LogP contribution in [0.4, 0.5) is 0 Å². The number of hydrogen-bond donors (Lipinski definition) is 2. The minimum absolute atomic E-state index is 0.0236. The SMILES string of the molecule is C=CC[C@H](N)[C@@H](N)CC=C. The average Bonchev–Trinajstić information content (AvgIpc) is 1.89. The highest BCUT2D eigenvalue weighted by Crippen LogP contribution is 1.98. The standard InChI is InChI=1S/C8H16N2/c1-3-5-7(9)8(10)6-4-2/h3-4,7-8H,1-2,5-6,9-10H2/t7-,8-/m0/s1. The van der Waals surface area contributed by atoms with Crippen molar-refractivity contribution < 1.29 is 0 Å². The Morgan fingerprint density at radius 2 is 1.30 bits per heavy atom. The third kappa shape index (κ3) is 3.43. The highest BCUT2D eigenvalue weighted by Gasteiger charge is 2.08. The Bertz CT molecular complexity index is 95.8. The molecule has 2 atom stereocenters. The summed E-state index contributed by atoms with van der Waals surface area (Å²) in [6, 6.07) is 0.0472. The van der Waals surface area contributed by atoms with Gasteiger partial charge in [0.15, 0.2) is 0 Å². The van der Waals surface area contributed by atoms with Crippen LogP contribution in [-0.2, 0) is 0 Å². The smallest absolute Gasteiger partial charge is 0.0230 e. The van der Waals surface area contributed by atoms with E-state index in [1.54, 1.807) is 12.2 Å². The van der Waals surface area contributed by atoms with E-state index >= 15 is 0 Å². The molecule has 0 spiro atoms. The van der Waals surface area contributed by atoms with Crippen LogP contribution in [0, 0.1) is 0 Å². The van der Waals surface area contributed by atoms with Gasteiger partial charge in [-0.3, -0.25) is 0 Å². The van der Waals surface area contributed by atoms with Gasteiger partial charge in [-0.2, -0.15) is 0 Å². The van der Waals surface area contributed by atoms with E-state index in [1.807, 2.05) is 0 Å². The van der Waals surface area contributed by atoms with Crippen LogP contribution in [0.25, 0.3) is 0 Å². The van der Waals surface area contributed by atoms with Crippen molar-refractivity contribution in [3.63, 3.8) is 0 Å². The van der Waals surface area contributed by atoms with Crippen molar-refractivity contribution in [3.05, 3.63) is 25.3 Å². The molecule has 0 fully saturated rings. The summed E-state index contributed by atoms with van der Waals surface area (Å²) in [5, 5.41) is 0. The quantitative estimate of drug-likeness (QED) is 0.555. The van der Waals surface area contributed by atoms with E-state index in [4.69, 9.17) is 11.5 Å². The maximum absolute atomic E-state index is 5.67. The van der Waals surface area contributed by atoms with Crippen LogP contribution in [-0.4, -0.2) is 12.1 Å². The second-order valence-corrected chi connectivity index (χ2v) is 2.38. The molecule has 0 saturated carbocycles. The Morgan fingerprint density at radius 3 is 1.50 bits per heavy atom. The normalized spacial score (nSPS) is 15.8.